The Labute approximate surface area is 164 Å². The zero-order valence-electron chi connectivity index (χ0n) is 15.5. The zero-order chi connectivity index (χ0) is 21.8. The van der Waals surface area contributed by atoms with Gasteiger partial charge in [0.05, 0.1) is 23.5 Å². The van der Waals surface area contributed by atoms with Crippen LogP contribution < -0.4 is 4.74 Å². The van der Waals surface area contributed by atoms with Crippen molar-refractivity contribution in [2.24, 2.45) is 0 Å². The van der Waals surface area contributed by atoms with Crippen molar-refractivity contribution in [3.8, 4) is 5.75 Å². The molecule has 2 atom stereocenters. The molecule has 0 aliphatic heterocycles. The van der Waals surface area contributed by atoms with Crippen LogP contribution in [0.1, 0.15) is 6.92 Å². The van der Waals surface area contributed by atoms with Crippen molar-refractivity contribution >= 4 is 17.8 Å². The van der Waals surface area contributed by atoms with Gasteiger partial charge in [0.25, 0.3) is 5.69 Å². The van der Waals surface area contributed by atoms with E-state index in [1.54, 1.807) is 0 Å². The van der Waals surface area contributed by atoms with Gasteiger partial charge in [-0.05, 0) is 12.1 Å². The maximum Gasteiger partial charge on any atom is 0.516 e. The summed E-state index contributed by atoms with van der Waals surface area (Å²) in [7, 11) is 1.35. The minimum absolute atomic E-state index is 0.00606. The lowest BCUT2D eigenvalue weighted by atomic mass is 10.3. The summed E-state index contributed by atoms with van der Waals surface area (Å²) in [5, 5.41) is 27.2. The first-order valence-corrected chi connectivity index (χ1v) is 7.95. The topological polar surface area (TPSA) is 176 Å². The lowest BCUT2D eigenvalue weighted by Gasteiger charge is -2.18. The Morgan fingerprint density at radius 3 is 2.38 bits per heavy atom. The first-order valence-electron chi connectivity index (χ1n) is 7.95. The maximum absolute atomic E-state index is 11.6. The first kappa shape index (κ1) is 24.2. The second-order valence-corrected chi connectivity index (χ2v) is 5.23. The highest BCUT2D eigenvalue weighted by atomic mass is 17.1. The van der Waals surface area contributed by atoms with Crippen molar-refractivity contribution in [1.29, 1.82) is 0 Å². The van der Waals surface area contributed by atoms with Gasteiger partial charge >= 0.3 is 12.1 Å². The number of nitro benzene ring substituents is 1. The second kappa shape index (κ2) is 12.6. The number of hydrogen-bond donors (Lipinski definition) is 2. The predicted molar refractivity (Wildman–Crippen MR) is 88.7 cm³/mol. The fourth-order valence-electron chi connectivity index (χ4n) is 1.84. The standard InChI is InChI=1S/C15H20N2O12/c1-10(26-14(18)9-25-8-13(7-24-2)29-17(22)23)27-15(19)28-12-5-3-11(4-6-12)16(20)21/h3-6,10,13,22-23H,7-9H2,1-2H3/t10?,13-/m1/s1. The summed E-state index contributed by atoms with van der Waals surface area (Å²) in [6, 6.07) is 4.66. The van der Waals surface area contributed by atoms with Crippen LogP contribution in [0.15, 0.2) is 24.3 Å². The van der Waals surface area contributed by atoms with Crippen LogP contribution in [-0.2, 0) is 28.6 Å². The van der Waals surface area contributed by atoms with E-state index < -0.39 is 41.4 Å². The molecule has 29 heavy (non-hydrogen) atoms. The number of hydrogen-bond acceptors (Lipinski definition) is 13. The minimum Gasteiger partial charge on any atom is -0.424 e. The molecule has 0 radical (unpaired) electrons. The molecule has 1 aromatic carbocycles. The molecular weight excluding hydrogens is 400 g/mol. The van der Waals surface area contributed by atoms with Gasteiger partial charge in [0.2, 0.25) is 6.29 Å². The molecule has 2 N–H and O–H groups in total. The van der Waals surface area contributed by atoms with E-state index >= 15 is 0 Å². The van der Waals surface area contributed by atoms with Gasteiger partial charge in [0.15, 0.2) is 0 Å². The lowest BCUT2D eigenvalue weighted by molar-refractivity contribution is -0.507. The Hall–Kier alpha value is -2.88. The summed E-state index contributed by atoms with van der Waals surface area (Å²) < 4.78 is 24.0. The number of rotatable bonds is 12. The molecule has 1 aromatic rings. The van der Waals surface area contributed by atoms with Gasteiger partial charge in [-0.15, -0.1) is 0 Å². The van der Waals surface area contributed by atoms with E-state index in [2.05, 4.69) is 4.84 Å². The molecule has 0 aromatic heterocycles. The molecule has 162 valence electrons. The molecule has 0 heterocycles. The van der Waals surface area contributed by atoms with E-state index in [4.69, 9.17) is 34.1 Å². The van der Waals surface area contributed by atoms with E-state index in [0.717, 1.165) is 12.1 Å². The number of nitro groups is 1. The van der Waals surface area contributed by atoms with Gasteiger partial charge in [-0.2, -0.15) is 0 Å². The number of carbonyl (C=O) groups is 2. The molecule has 0 aliphatic rings. The quantitative estimate of drug-likeness (QED) is 0.161. The van der Waals surface area contributed by atoms with Crippen molar-refractivity contribution in [3.63, 3.8) is 0 Å². The van der Waals surface area contributed by atoms with Gasteiger partial charge in [0, 0.05) is 26.2 Å². The first-order chi connectivity index (χ1) is 13.7. The van der Waals surface area contributed by atoms with Crippen LogP contribution in [0.5, 0.6) is 5.75 Å². The zero-order valence-corrected chi connectivity index (χ0v) is 15.5. The second-order valence-electron chi connectivity index (χ2n) is 5.23. The SMILES string of the molecule is COC[C@H](COCC(=O)OC(C)OC(=O)Oc1ccc([N+](=O)[O-])cc1)ON(O)O. The predicted octanol–water partition coefficient (Wildman–Crippen LogP) is 1.04. The summed E-state index contributed by atoms with van der Waals surface area (Å²) in [5.41, 5.74) is -0.183. The van der Waals surface area contributed by atoms with Crippen molar-refractivity contribution < 1.29 is 53.4 Å². The highest BCUT2D eigenvalue weighted by molar-refractivity contribution is 5.71. The highest BCUT2D eigenvalue weighted by Gasteiger charge is 2.18. The number of esters is 1. The highest BCUT2D eigenvalue weighted by Crippen LogP contribution is 2.17. The van der Waals surface area contributed by atoms with Crippen LogP contribution in [0.25, 0.3) is 0 Å². The summed E-state index contributed by atoms with van der Waals surface area (Å²) in [5.74, 6) is -0.893. The van der Waals surface area contributed by atoms with Crippen LogP contribution in [0, 0.1) is 10.1 Å². The maximum atomic E-state index is 11.6. The van der Waals surface area contributed by atoms with E-state index in [9.17, 15) is 19.7 Å². The van der Waals surface area contributed by atoms with Gasteiger partial charge in [-0.25, -0.2) is 14.4 Å². The molecule has 14 nitrogen and oxygen atoms in total. The molecular formula is C15H20N2O12. The molecule has 0 aliphatic carbocycles. The Balaban J connectivity index is 2.33. The van der Waals surface area contributed by atoms with Crippen LogP contribution >= 0.6 is 0 Å². The average Bonchev–Trinajstić information content (AvgIpc) is 2.61. The summed E-state index contributed by atoms with van der Waals surface area (Å²) in [4.78, 5) is 37.7. The van der Waals surface area contributed by atoms with Crippen LogP contribution in [0.4, 0.5) is 10.5 Å². The fourth-order valence-corrected chi connectivity index (χ4v) is 1.84. The number of methoxy groups -OCH3 is 1. The Morgan fingerprint density at radius 1 is 1.17 bits per heavy atom. The third kappa shape index (κ3) is 10.3. The van der Waals surface area contributed by atoms with Crippen molar-refractivity contribution in [1.82, 2.24) is 5.39 Å². The molecule has 0 amide bonds. The molecule has 0 fully saturated rings. The molecule has 0 bridgehead atoms. The number of carbonyl (C=O) groups excluding carboxylic acids is 2. The lowest BCUT2D eigenvalue weighted by Crippen LogP contribution is -2.33. The number of nitrogens with zero attached hydrogens (tertiary/aromatic N) is 2. The van der Waals surface area contributed by atoms with Crippen molar-refractivity contribution in [2.75, 3.05) is 26.9 Å². The molecule has 1 unspecified atom stereocenters. The smallest absolute Gasteiger partial charge is 0.424 e. The van der Waals surface area contributed by atoms with Gasteiger partial charge in [-0.1, -0.05) is 0 Å². The fraction of sp³-hybridized carbons (Fsp3) is 0.467. The third-order valence-corrected chi connectivity index (χ3v) is 2.93. The van der Waals surface area contributed by atoms with E-state index in [1.165, 1.54) is 26.2 Å². The van der Waals surface area contributed by atoms with Crippen molar-refractivity contribution in [2.45, 2.75) is 19.3 Å². The monoisotopic (exact) mass is 420 g/mol. The summed E-state index contributed by atoms with van der Waals surface area (Å²) >= 11 is 0. The largest absolute Gasteiger partial charge is 0.516 e. The Kier molecular flexibility index (Phi) is 10.5. The molecule has 1 rings (SSSR count). The number of benzene rings is 1. The van der Waals surface area contributed by atoms with Crippen LogP contribution in [-0.4, -0.2) is 72.2 Å². The van der Waals surface area contributed by atoms with Crippen molar-refractivity contribution in [3.05, 3.63) is 34.4 Å². The summed E-state index contributed by atoms with van der Waals surface area (Å²) in [6.45, 7) is 0.408. The molecule has 0 spiro atoms. The van der Waals surface area contributed by atoms with E-state index in [1.807, 2.05) is 0 Å². The van der Waals surface area contributed by atoms with Gasteiger partial charge in [0.1, 0.15) is 18.5 Å². The number of ether oxygens (including phenoxy) is 5. The van der Waals surface area contributed by atoms with E-state index in [-0.39, 0.29) is 24.7 Å². The summed E-state index contributed by atoms with van der Waals surface area (Å²) in [6.07, 6.45) is -3.42. The molecule has 0 saturated heterocycles. The van der Waals surface area contributed by atoms with E-state index in [0.29, 0.717) is 0 Å². The number of non-ortho nitro benzene ring substituents is 1. The molecule has 14 heteroatoms. The van der Waals surface area contributed by atoms with Gasteiger partial charge in [-0.3, -0.25) is 20.5 Å². The van der Waals surface area contributed by atoms with Gasteiger partial charge < -0.3 is 23.7 Å². The van der Waals surface area contributed by atoms with Crippen LogP contribution in [0.3, 0.4) is 0 Å². The Bertz CT molecular complexity index is 666. The average molecular weight is 420 g/mol. The van der Waals surface area contributed by atoms with Crippen LogP contribution in [0.2, 0.25) is 0 Å². The Morgan fingerprint density at radius 2 is 1.83 bits per heavy atom. The minimum atomic E-state index is -1.31. The normalized spacial score (nSPS) is 12.9. The third-order valence-electron chi connectivity index (χ3n) is 2.93. The molecule has 0 saturated carbocycles.